The van der Waals surface area contributed by atoms with Crippen molar-refractivity contribution in [1.82, 2.24) is 9.36 Å². The van der Waals surface area contributed by atoms with E-state index in [9.17, 15) is 9.59 Å². The van der Waals surface area contributed by atoms with Gasteiger partial charge in [0.15, 0.2) is 0 Å². The van der Waals surface area contributed by atoms with Crippen LogP contribution in [0.4, 0.5) is 0 Å². The molecule has 0 bridgehead atoms. The van der Waals surface area contributed by atoms with Gasteiger partial charge in [-0.1, -0.05) is 31.5 Å². The van der Waals surface area contributed by atoms with Gasteiger partial charge in [0.05, 0.1) is 12.3 Å². The molecule has 0 aliphatic heterocycles. The average molecular weight is 314 g/mol. The van der Waals surface area contributed by atoms with Gasteiger partial charge >= 0.3 is 5.97 Å². The smallest absolute Gasteiger partial charge is 0.330 e. The summed E-state index contributed by atoms with van der Waals surface area (Å²) in [7, 11) is 1.87. The van der Waals surface area contributed by atoms with Crippen molar-refractivity contribution in [3.8, 4) is 5.69 Å². The molecule has 0 amide bonds. The molecule has 1 heterocycles. The molecule has 1 aromatic heterocycles. The van der Waals surface area contributed by atoms with Crippen molar-refractivity contribution in [2.75, 3.05) is 6.61 Å². The number of carbonyl (C=O) groups excluding carboxylic acids is 1. The first-order chi connectivity index (χ1) is 11.1. The molecule has 0 aliphatic carbocycles. The number of aryl methyl sites for hydroxylation is 1. The summed E-state index contributed by atoms with van der Waals surface area (Å²) < 4.78 is 8.38. The first-order valence-electron chi connectivity index (χ1n) is 7.80. The van der Waals surface area contributed by atoms with Crippen LogP contribution in [0.5, 0.6) is 0 Å². The molecule has 0 saturated carbocycles. The SMILES string of the molecule is CCCc1cc(=O)n(-c2ccccc2/C=C/C(=O)OCC)n1C. The lowest BCUT2D eigenvalue weighted by molar-refractivity contribution is -0.137. The summed E-state index contributed by atoms with van der Waals surface area (Å²) in [5, 5.41) is 0. The van der Waals surface area contributed by atoms with Gasteiger partial charge in [-0.3, -0.25) is 9.48 Å². The van der Waals surface area contributed by atoms with Gasteiger partial charge in [0, 0.05) is 30.4 Å². The van der Waals surface area contributed by atoms with Crippen LogP contribution < -0.4 is 5.56 Å². The highest BCUT2D eigenvalue weighted by Crippen LogP contribution is 2.16. The standard InChI is InChI=1S/C18H22N2O3/c1-4-8-15-13-17(21)20(19(15)3)16-10-7-6-9-14(16)11-12-18(22)23-5-2/h6-7,9-13H,4-5,8H2,1-3H3/b12-11+. The highest BCUT2D eigenvalue weighted by molar-refractivity contribution is 5.87. The van der Waals surface area contributed by atoms with E-state index in [1.54, 1.807) is 23.7 Å². The Bertz CT molecular complexity index is 769. The van der Waals surface area contributed by atoms with Gasteiger partial charge in [0.25, 0.3) is 5.56 Å². The second-order valence-corrected chi connectivity index (χ2v) is 5.20. The Morgan fingerprint density at radius 2 is 2.00 bits per heavy atom. The molecule has 0 unspecified atom stereocenters. The first-order valence-corrected chi connectivity index (χ1v) is 7.80. The van der Waals surface area contributed by atoms with Gasteiger partial charge in [-0.15, -0.1) is 0 Å². The molecule has 2 rings (SSSR count). The van der Waals surface area contributed by atoms with Crippen LogP contribution in [0.3, 0.4) is 0 Å². The molecule has 0 spiro atoms. The van der Waals surface area contributed by atoms with Crippen molar-refractivity contribution in [2.24, 2.45) is 7.05 Å². The van der Waals surface area contributed by atoms with Crippen LogP contribution in [-0.4, -0.2) is 21.9 Å². The highest BCUT2D eigenvalue weighted by atomic mass is 16.5. The fourth-order valence-electron chi connectivity index (χ4n) is 2.51. The number of esters is 1. The summed E-state index contributed by atoms with van der Waals surface area (Å²) in [6, 6.07) is 9.13. The number of benzene rings is 1. The maximum atomic E-state index is 12.4. The van der Waals surface area contributed by atoms with Crippen LogP contribution in [0.15, 0.2) is 41.2 Å². The Morgan fingerprint density at radius 1 is 1.26 bits per heavy atom. The van der Waals surface area contributed by atoms with Gasteiger partial charge in [-0.05, 0) is 25.5 Å². The van der Waals surface area contributed by atoms with E-state index in [-0.39, 0.29) is 5.56 Å². The van der Waals surface area contributed by atoms with Crippen LogP contribution in [0.25, 0.3) is 11.8 Å². The lowest BCUT2D eigenvalue weighted by Gasteiger charge is -2.12. The van der Waals surface area contributed by atoms with Gasteiger partial charge in [-0.25, -0.2) is 9.48 Å². The third kappa shape index (κ3) is 3.80. The quantitative estimate of drug-likeness (QED) is 0.608. The van der Waals surface area contributed by atoms with Crippen molar-refractivity contribution < 1.29 is 9.53 Å². The zero-order valence-electron chi connectivity index (χ0n) is 13.8. The predicted molar refractivity (Wildman–Crippen MR) is 90.7 cm³/mol. The van der Waals surface area contributed by atoms with E-state index in [2.05, 4.69) is 6.92 Å². The summed E-state index contributed by atoms with van der Waals surface area (Å²) in [6.07, 6.45) is 4.87. The Kier molecular flexibility index (Phi) is 5.57. The zero-order chi connectivity index (χ0) is 16.8. The molecule has 5 heteroatoms. The second-order valence-electron chi connectivity index (χ2n) is 5.20. The minimum Gasteiger partial charge on any atom is -0.463 e. The van der Waals surface area contributed by atoms with E-state index in [1.807, 2.05) is 36.0 Å². The molecule has 1 aromatic carbocycles. The Hall–Kier alpha value is -2.56. The fraction of sp³-hybridized carbons (Fsp3) is 0.333. The minimum absolute atomic E-state index is 0.0760. The monoisotopic (exact) mass is 314 g/mol. The molecule has 0 aliphatic rings. The van der Waals surface area contributed by atoms with Crippen LogP contribution in [0.1, 0.15) is 31.5 Å². The molecular formula is C18H22N2O3. The van der Waals surface area contributed by atoms with Gasteiger partial charge in [0.2, 0.25) is 0 Å². The molecule has 122 valence electrons. The number of hydrogen-bond acceptors (Lipinski definition) is 3. The molecule has 0 atom stereocenters. The van der Waals surface area contributed by atoms with Crippen LogP contribution in [-0.2, 0) is 23.0 Å². The predicted octanol–water partition coefficient (Wildman–Crippen LogP) is 2.70. The molecule has 0 saturated heterocycles. The third-order valence-corrected chi connectivity index (χ3v) is 3.57. The molecule has 0 N–H and O–H groups in total. The lowest BCUT2D eigenvalue weighted by Crippen LogP contribution is -2.20. The minimum atomic E-state index is -0.395. The van der Waals surface area contributed by atoms with Gasteiger partial charge in [-0.2, -0.15) is 0 Å². The maximum Gasteiger partial charge on any atom is 0.330 e. The summed E-state index contributed by atoms with van der Waals surface area (Å²) in [5.41, 5.74) is 2.43. The molecule has 5 nitrogen and oxygen atoms in total. The van der Waals surface area contributed by atoms with E-state index < -0.39 is 5.97 Å². The molecule has 23 heavy (non-hydrogen) atoms. The van der Waals surface area contributed by atoms with Crippen molar-refractivity contribution in [1.29, 1.82) is 0 Å². The molecule has 0 radical (unpaired) electrons. The number of para-hydroxylation sites is 1. The number of ether oxygens (including phenoxy) is 1. The van der Waals surface area contributed by atoms with Gasteiger partial charge < -0.3 is 4.74 Å². The topological polar surface area (TPSA) is 53.2 Å². The van der Waals surface area contributed by atoms with E-state index in [1.165, 1.54) is 6.08 Å². The maximum absolute atomic E-state index is 12.4. The van der Waals surface area contributed by atoms with E-state index in [0.29, 0.717) is 6.61 Å². The number of rotatable bonds is 6. The summed E-state index contributed by atoms with van der Waals surface area (Å²) in [4.78, 5) is 23.9. The van der Waals surface area contributed by atoms with Crippen LogP contribution in [0, 0.1) is 0 Å². The second kappa shape index (κ2) is 7.63. The number of aromatic nitrogens is 2. The van der Waals surface area contributed by atoms with E-state index in [0.717, 1.165) is 29.8 Å². The first kappa shape index (κ1) is 16.8. The highest BCUT2D eigenvalue weighted by Gasteiger charge is 2.11. The van der Waals surface area contributed by atoms with Gasteiger partial charge in [0.1, 0.15) is 0 Å². The number of carbonyl (C=O) groups is 1. The van der Waals surface area contributed by atoms with Crippen LogP contribution >= 0.6 is 0 Å². The van der Waals surface area contributed by atoms with Crippen molar-refractivity contribution >= 4 is 12.0 Å². The van der Waals surface area contributed by atoms with E-state index in [4.69, 9.17) is 4.74 Å². The molecular weight excluding hydrogens is 292 g/mol. The number of hydrogen-bond donors (Lipinski definition) is 0. The Labute approximate surface area is 135 Å². The summed E-state index contributed by atoms with van der Waals surface area (Å²) >= 11 is 0. The van der Waals surface area contributed by atoms with Crippen molar-refractivity contribution in [3.63, 3.8) is 0 Å². The average Bonchev–Trinajstić information content (AvgIpc) is 2.80. The summed E-state index contributed by atoms with van der Waals surface area (Å²) in [5.74, 6) is -0.395. The summed E-state index contributed by atoms with van der Waals surface area (Å²) in [6.45, 7) is 4.18. The van der Waals surface area contributed by atoms with Crippen molar-refractivity contribution in [2.45, 2.75) is 26.7 Å². The fourth-order valence-corrected chi connectivity index (χ4v) is 2.51. The largest absolute Gasteiger partial charge is 0.463 e. The Balaban J connectivity index is 2.46. The normalized spacial score (nSPS) is 11.1. The van der Waals surface area contributed by atoms with Crippen LogP contribution in [0.2, 0.25) is 0 Å². The molecule has 2 aromatic rings. The lowest BCUT2D eigenvalue weighted by atomic mass is 10.1. The third-order valence-electron chi connectivity index (χ3n) is 3.57. The van der Waals surface area contributed by atoms with E-state index >= 15 is 0 Å². The Morgan fingerprint density at radius 3 is 2.70 bits per heavy atom. The molecule has 0 fully saturated rings. The number of nitrogens with zero attached hydrogens (tertiary/aromatic N) is 2. The zero-order valence-corrected chi connectivity index (χ0v) is 13.8. The van der Waals surface area contributed by atoms with Crippen molar-refractivity contribution in [3.05, 3.63) is 58.0 Å².